The van der Waals surface area contributed by atoms with E-state index in [1.54, 1.807) is 6.07 Å². The van der Waals surface area contributed by atoms with Crippen molar-refractivity contribution >= 4 is 22.5 Å². The third-order valence-corrected chi connectivity index (χ3v) is 3.20. The monoisotopic (exact) mass is 265 g/mol. The van der Waals surface area contributed by atoms with Gasteiger partial charge in [-0.25, -0.2) is 0 Å². The average Bonchev–Trinajstić information content (AvgIpc) is 2.84. The van der Waals surface area contributed by atoms with E-state index in [0.717, 1.165) is 22.0 Å². The SMILES string of the molecule is Cc1cc(NC(=O)Cc2cccc3ccccc23)n[nH]1. The van der Waals surface area contributed by atoms with E-state index in [2.05, 4.69) is 15.5 Å². The standard InChI is InChI=1S/C16H15N3O/c1-11-9-15(19-18-11)17-16(20)10-13-7-4-6-12-5-2-3-8-14(12)13/h2-9H,10H2,1H3,(H2,17,18,19,20). The summed E-state index contributed by atoms with van der Waals surface area (Å²) in [7, 11) is 0. The van der Waals surface area contributed by atoms with Gasteiger partial charge in [-0.15, -0.1) is 0 Å². The molecule has 0 saturated heterocycles. The number of carbonyl (C=O) groups is 1. The highest BCUT2D eigenvalue weighted by molar-refractivity contribution is 5.95. The summed E-state index contributed by atoms with van der Waals surface area (Å²) in [5.74, 6) is 0.501. The van der Waals surface area contributed by atoms with Gasteiger partial charge in [0.15, 0.2) is 5.82 Å². The molecule has 2 N–H and O–H groups in total. The third kappa shape index (κ3) is 2.54. The predicted molar refractivity (Wildman–Crippen MR) is 79.6 cm³/mol. The van der Waals surface area contributed by atoms with Crippen molar-refractivity contribution in [2.24, 2.45) is 0 Å². The minimum Gasteiger partial charge on any atom is -0.309 e. The number of rotatable bonds is 3. The highest BCUT2D eigenvalue weighted by atomic mass is 16.1. The number of H-pyrrole nitrogens is 1. The molecule has 0 saturated carbocycles. The molecule has 4 nitrogen and oxygen atoms in total. The zero-order valence-corrected chi connectivity index (χ0v) is 11.2. The molecular formula is C16H15N3O. The van der Waals surface area contributed by atoms with Gasteiger partial charge in [-0.2, -0.15) is 5.10 Å². The lowest BCUT2D eigenvalue weighted by Crippen LogP contribution is -2.14. The van der Waals surface area contributed by atoms with Gasteiger partial charge in [0.2, 0.25) is 5.91 Å². The number of nitrogens with zero attached hydrogens (tertiary/aromatic N) is 1. The smallest absolute Gasteiger partial charge is 0.230 e. The zero-order valence-electron chi connectivity index (χ0n) is 11.2. The molecule has 0 radical (unpaired) electrons. The Hall–Kier alpha value is -2.62. The van der Waals surface area contributed by atoms with Crippen molar-refractivity contribution in [3.8, 4) is 0 Å². The van der Waals surface area contributed by atoms with Crippen molar-refractivity contribution in [2.45, 2.75) is 13.3 Å². The van der Waals surface area contributed by atoms with Crippen LogP contribution >= 0.6 is 0 Å². The molecule has 0 aliphatic carbocycles. The van der Waals surface area contributed by atoms with Crippen LogP contribution in [0.3, 0.4) is 0 Å². The van der Waals surface area contributed by atoms with E-state index in [4.69, 9.17) is 0 Å². The van der Waals surface area contributed by atoms with Crippen LogP contribution in [0.5, 0.6) is 0 Å². The van der Waals surface area contributed by atoms with E-state index in [1.807, 2.05) is 49.4 Å². The molecule has 1 aromatic heterocycles. The Morgan fingerprint density at radius 3 is 2.80 bits per heavy atom. The number of nitrogens with one attached hydrogen (secondary N) is 2. The summed E-state index contributed by atoms with van der Waals surface area (Å²) in [5, 5.41) is 11.9. The molecular weight excluding hydrogens is 250 g/mol. The molecule has 0 bridgehead atoms. The first-order valence-corrected chi connectivity index (χ1v) is 6.51. The number of anilines is 1. The van der Waals surface area contributed by atoms with Crippen molar-refractivity contribution in [1.82, 2.24) is 10.2 Å². The lowest BCUT2D eigenvalue weighted by atomic mass is 10.0. The minimum atomic E-state index is -0.0622. The number of hydrogen-bond donors (Lipinski definition) is 2. The number of aromatic amines is 1. The maximum Gasteiger partial charge on any atom is 0.230 e. The van der Waals surface area contributed by atoms with Crippen molar-refractivity contribution in [3.63, 3.8) is 0 Å². The Bertz CT molecular complexity index is 756. The molecule has 3 rings (SSSR count). The lowest BCUT2D eigenvalue weighted by molar-refractivity contribution is -0.115. The number of fused-ring (bicyclic) bond motifs is 1. The number of hydrogen-bond acceptors (Lipinski definition) is 2. The fourth-order valence-corrected chi connectivity index (χ4v) is 2.29. The van der Waals surface area contributed by atoms with Crippen molar-refractivity contribution in [1.29, 1.82) is 0 Å². The van der Waals surface area contributed by atoms with Crippen LogP contribution in [0.25, 0.3) is 10.8 Å². The van der Waals surface area contributed by atoms with E-state index < -0.39 is 0 Å². The van der Waals surface area contributed by atoms with Crippen LogP contribution in [0.4, 0.5) is 5.82 Å². The number of amides is 1. The van der Waals surface area contributed by atoms with Crippen LogP contribution < -0.4 is 5.32 Å². The zero-order chi connectivity index (χ0) is 13.9. The number of aryl methyl sites for hydroxylation is 1. The molecule has 0 spiro atoms. The lowest BCUT2D eigenvalue weighted by Gasteiger charge is -2.06. The van der Waals surface area contributed by atoms with E-state index in [1.165, 1.54) is 0 Å². The van der Waals surface area contributed by atoms with Crippen LogP contribution in [-0.2, 0) is 11.2 Å². The molecule has 4 heteroatoms. The molecule has 1 heterocycles. The largest absolute Gasteiger partial charge is 0.309 e. The minimum absolute atomic E-state index is 0.0622. The van der Waals surface area contributed by atoms with Crippen molar-refractivity contribution < 1.29 is 4.79 Å². The van der Waals surface area contributed by atoms with Gasteiger partial charge in [0.1, 0.15) is 0 Å². The molecule has 0 atom stereocenters. The Labute approximate surface area is 116 Å². The maximum absolute atomic E-state index is 12.1. The molecule has 0 aliphatic heterocycles. The van der Waals surface area contributed by atoms with E-state index in [0.29, 0.717) is 12.2 Å². The van der Waals surface area contributed by atoms with Gasteiger partial charge in [0.25, 0.3) is 0 Å². The average molecular weight is 265 g/mol. The summed E-state index contributed by atoms with van der Waals surface area (Å²) in [6, 6.07) is 15.9. The second-order valence-electron chi connectivity index (χ2n) is 4.80. The van der Waals surface area contributed by atoms with Gasteiger partial charge >= 0.3 is 0 Å². The normalized spacial score (nSPS) is 10.7. The first-order valence-electron chi connectivity index (χ1n) is 6.51. The Balaban J connectivity index is 1.81. The van der Waals surface area contributed by atoms with Crippen molar-refractivity contribution in [2.75, 3.05) is 5.32 Å². The molecule has 2 aromatic carbocycles. The summed E-state index contributed by atoms with van der Waals surface area (Å²) in [5.41, 5.74) is 1.94. The van der Waals surface area contributed by atoms with Gasteiger partial charge in [0.05, 0.1) is 6.42 Å². The van der Waals surface area contributed by atoms with Crippen LogP contribution in [0, 0.1) is 6.92 Å². The molecule has 0 unspecified atom stereocenters. The van der Waals surface area contributed by atoms with E-state index >= 15 is 0 Å². The van der Waals surface area contributed by atoms with E-state index in [9.17, 15) is 4.79 Å². The first-order chi connectivity index (χ1) is 9.72. The Morgan fingerprint density at radius 2 is 2.00 bits per heavy atom. The van der Waals surface area contributed by atoms with Crippen LogP contribution in [0.1, 0.15) is 11.3 Å². The Morgan fingerprint density at radius 1 is 1.20 bits per heavy atom. The summed E-state index contributed by atoms with van der Waals surface area (Å²) < 4.78 is 0. The van der Waals surface area contributed by atoms with Crippen LogP contribution in [-0.4, -0.2) is 16.1 Å². The van der Waals surface area contributed by atoms with Gasteiger partial charge < -0.3 is 5.32 Å². The van der Waals surface area contributed by atoms with E-state index in [-0.39, 0.29) is 5.91 Å². The number of aromatic nitrogens is 2. The predicted octanol–water partition coefficient (Wildman–Crippen LogP) is 3.05. The molecule has 1 amide bonds. The molecule has 100 valence electrons. The summed E-state index contributed by atoms with van der Waals surface area (Å²) >= 11 is 0. The topological polar surface area (TPSA) is 57.8 Å². The highest BCUT2D eigenvalue weighted by Gasteiger charge is 2.08. The van der Waals surface area contributed by atoms with Crippen LogP contribution in [0.15, 0.2) is 48.5 Å². The molecule has 0 aliphatic rings. The van der Waals surface area contributed by atoms with Gasteiger partial charge in [0, 0.05) is 11.8 Å². The first kappa shape index (κ1) is 12.4. The fourth-order valence-electron chi connectivity index (χ4n) is 2.29. The van der Waals surface area contributed by atoms with Gasteiger partial charge in [-0.3, -0.25) is 9.89 Å². The van der Waals surface area contributed by atoms with Crippen LogP contribution in [0.2, 0.25) is 0 Å². The second-order valence-corrected chi connectivity index (χ2v) is 4.80. The second kappa shape index (κ2) is 5.17. The summed E-state index contributed by atoms with van der Waals surface area (Å²) in [6.07, 6.45) is 0.341. The van der Waals surface area contributed by atoms with Gasteiger partial charge in [-0.05, 0) is 23.3 Å². The maximum atomic E-state index is 12.1. The molecule has 20 heavy (non-hydrogen) atoms. The number of carbonyl (C=O) groups excluding carboxylic acids is 1. The molecule has 0 fully saturated rings. The molecule has 3 aromatic rings. The summed E-state index contributed by atoms with van der Waals surface area (Å²) in [6.45, 7) is 1.90. The quantitative estimate of drug-likeness (QED) is 0.764. The third-order valence-electron chi connectivity index (χ3n) is 3.20. The van der Waals surface area contributed by atoms with Gasteiger partial charge in [-0.1, -0.05) is 42.5 Å². The Kier molecular flexibility index (Phi) is 3.21. The fraction of sp³-hybridized carbons (Fsp3) is 0.125. The number of benzene rings is 2. The van der Waals surface area contributed by atoms with Crippen molar-refractivity contribution in [3.05, 3.63) is 59.8 Å². The summed E-state index contributed by atoms with van der Waals surface area (Å²) in [4.78, 5) is 12.1. The highest BCUT2D eigenvalue weighted by Crippen LogP contribution is 2.19.